The van der Waals surface area contributed by atoms with Gasteiger partial charge in [-0.05, 0) is 30.5 Å². The Morgan fingerprint density at radius 3 is 2.70 bits per heavy atom. The van der Waals surface area contributed by atoms with Gasteiger partial charge in [-0.2, -0.15) is 0 Å². The molecule has 20 heavy (non-hydrogen) atoms. The third-order valence-corrected chi connectivity index (χ3v) is 4.30. The normalized spacial score (nSPS) is 14.1. The Morgan fingerprint density at radius 2 is 2.00 bits per heavy atom. The van der Waals surface area contributed by atoms with Crippen LogP contribution in [-0.4, -0.2) is 24.4 Å². The largest absolute Gasteiger partial charge is 0.493 e. The fourth-order valence-electron chi connectivity index (χ4n) is 1.97. The van der Waals surface area contributed by atoms with E-state index in [2.05, 4.69) is 15.5 Å². The first-order chi connectivity index (χ1) is 9.80. The van der Waals surface area contributed by atoms with Crippen LogP contribution in [0.1, 0.15) is 29.3 Å². The number of benzene rings is 1. The van der Waals surface area contributed by atoms with Crippen molar-refractivity contribution in [3.63, 3.8) is 0 Å². The number of rotatable bonds is 6. The van der Waals surface area contributed by atoms with E-state index in [9.17, 15) is 0 Å². The molecule has 0 bridgehead atoms. The monoisotopic (exact) mass is 291 g/mol. The second-order valence-electron chi connectivity index (χ2n) is 4.76. The maximum atomic E-state index is 5.29. The highest BCUT2D eigenvalue weighted by Crippen LogP contribution is 2.42. The average Bonchev–Trinajstić information content (AvgIpc) is 3.23. The van der Waals surface area contributed by atoms with E-state index in [0.29, 0.717) is 12.5 Å². The van der Waals surface area contributed by atoms with Gasteiger partial charge in [0.25, 0.3) is 0 Å². The molecule has 0 saturated heterocycles. The van der Waals surface area contributed by atoms with Crippen molar-refractivity contribution in [2.24, 2.45) is 0 Å². The summed E-state index contributed by atoms with van der Waals surface area (Å²) in [4.78, 5) is 0. The first-order valence-electron chi connectivity index (χ1n) is 6.58. The topological polar surface area (TPSA) is 56.3 Å². The average molecular weight is 291 g/mol. The molecular weight excluding hydrogens is 274 g/mol. The minimum atomic E-state index is 0.657. The summed E-state index contributed by atoms with van der Waals surface area (Å²) in [7, 11) is 3.28. The zero-order valence-electron chi connectivity index (χ0n) is 11.5. The third kappa shape index (κ3) is 2.85. The highest BCUT2D eigenvalue weighted by molar-refractivity contribution is 7.15. The summed E-state index contributed by atoms with van der Waals surface area (Å²) < 4.78 is 10.5. The summed E-state index contributed by atoms with van der Waals surface area (Å²) in [5, 5.41) is 13.7. The van der Waals surface area contributed by atoms with Crippen LogP contribution in [0.3, 0.4) is 0 Å². The van der Waals surface area contributed by atoms with E-state index in [1.165, 1.54) is 12.8 Å². The summed E-state index contributed by atoms with van der Waals surface area (Å²) in [6.07, 6.45) is 2.51. The highest BCUT2D eigenvalue weighted by atomic mass is 32.1. The van der Waals surface area contributed by atoms with Crippen molar-refractivity contribution < 1.29 is 9.47 Å². The van der Waals surface area contributed by atoms with Gasteiger partial charge in [-0.15, -0.1) is 10.2 Å². The molecule has 6 heteroatoms. The lowest BCUT2D eigenvalue weighted by Gasteiger charge is -2.09. The van der Waals surface area contributed by atoms with E-state index in [-0.39, 0.29) is 0 Å². The molecule has 1 aliphatic rings. The lowest BCUT2D eigenvalue weighted by Crippen LogP contribution is -2.00. The van der Waals surface area contributed by atoms with Crippen LogP contribution in [-0.2, 0) is 6.54 Å². The van der Waals surface area contributed by atoms with E-state index >= 15 is 0 Å². The summed E-state index contributed by atoms with van der Waals surface area (Å²) in [5.74, 6) is 2.13. The smallest absolute Gasteiger partial charge is 0.205 e. The van der Waals surface area contributed by atoms with Gasteiger partial charge in [-0.1, -0.05) is 17.4 Å². The standard InChI is InChI=1S/C14H17N3O2S/c1-18-11-6-3-9(7-12(11)19-2)8-15-14-17-16-13(20-14)10-4-5-10/h3,6-7,10H,4-5,8H2,1-2H3,(H,15,17). The molecule has 0 aliphatic heterocycles. The molecule has 2 aromatic rings. The van der Waals surface area contributed by atoms with Crippen LogP contribution in [0.4, 0.5) is 5.13 Å². The lowest BCUT2D eigenvalue weighted by atomic mass is 10.2. The van der Waals surface area contributed by atoms with Crippen LogP contribution in [0, 0.1) is 0 Å². The Kier molecular flexibility index (Phi) is 3.73. The quantitative estimate of drug-likeness (QED) is 0.886. The number of nitrogens with one attached hydrogen (secondary N) is 1. The Balaban J connectivity index is 1.64. The van der Waals surface area contributed by atoms with E-state index in [4.69, 9.17) is 9.47 Å². The Labute approximate surface area is 121 Å². The van der Waals surface area contributed by atoms with Crippen molar-refractivity contribution in [2.75, 3.05) is 19.5 Å². The molecule has 0 amide bonds. The number of nitrogens with zero attached hydrogens (tertiary/aromatic N) is 2. The van der Waals surface area contributed by atoms with Gasteiger partial charge in [0.15, 0.2) is 11.5 Å². The van der Waals surface area contributed by atoms with Gasteiger partial charge < -0.3 is 14.8 Å². The number of hydrogen-bond acceptors (Lipinski definition) is 6. The van der Waals surface area contributed by atoms with Gasteiger partial charge in [0, 0.05) is 12.5 Å². The minimum absolute atomic E-state index is 0.657. The maximum absolute atomic E-state index is 5.29. The second-order valence-corrected chi connectivity index (χ2v) is 5.77. The molecule has 0 unspecified atom stereocenters. The molecule has 3 rings (SSSR count). The van der Waals surface area contributed by atoms with Crippen molar-refractivity contribution in [1.29, 1.82) is 0 Å². The number of methoxy groups -OCH3 is 2. The summed E-state index contributed by atoms with van der Waals surface area (Å²) >= 11 is 1.65. The van der Waals surface area contributed by atoms with Crippen molar-refractivity contribution >= 4 is 16.5 Å². The van der Waals surface area contributed by atoms with Crippen LogP contribution in [0.25, 0.3) is 0 Å². The third-order valence-electron chi connectivity index (χ3n) is 3.26. The first kappa shape index (κ1) is 13.2. The first-order valence-corrected chi connectivity index (χ1v) is 7.40. The Bertz CT molecular complexity index is 596. The number of aromatic nitrogens is 2. The Morgan fingerprint density at radius 1 is 1.20 bits per heavy atom. The maximum Gasteiger partial charge on any atom is 0.205 e. The predicted octanol–water partition coefficient (Wildman–Crippen LogP) is 3.04. The Hall–Kier alpha value is -1.82. The van der Waals surface area contributed by atoms with Crippen LogP contribution >= 0.6 is 11.3 Å². The fourth-order valence-corrected chi connectivity index (χ4v) is 2.88. The fraction of sp³-hybridized carbons (Fsp3) is 0.429. The van der Waals surface area contributed by atoms with Crippen LogP contribution in [0.5, 0.6) is 11.5 Å². The predicted molar refractivity (Wildman–Crippen MR) is 78.8 cm³/mol. The molecule has 1 aliphatic carbocycles. The summed E-state index contributed by atoms with van der Waals surface area (Å²) in [6.45, 7) is 0.694. The number of anilines is 1. The van der Waals surface area contributed by atoms with Gasteiger partial charge in [0.1, 0.15) is 5.01 Å². The zero-order valence-corrected chi connectivity index (χ0v) is 12.4. The van der Waals surface area contributed by atoms with E-state index in [1.54, 1.807) is 25.6 Å². The molecule has 1 aromatic carbocycles. The van der Waals surface area contributed by atoms with E-state index in [0.717, 1.165) is 27.2 Å². The molecule has 106 valence electrons. The van der Waals surface area contributed by atoms with Crippen molar-refractivity contribution in [2.45, 2.75) is 25.3 Å². The van der Waals surface area contributed by atoms with E-state index in [1.807, 2.05) is 18.2 Å². The highest BCUT2D eigenvalue weighted by Gasteiger charge is 2.27. The molecular formula is C14H17N3O2S. The van der Waals surface area contributed by atoms with Crippen LogP contribution < -0.4 is 14.8 Å². The van der Waals surface area contributed by atoms with E-state index < -0.39 is 0 Å². The molecule has 1 N–H and O–H groups in total. The van der Waals surface area contributed by atoms with Gasteiger partial charge in [0.2, 0.25) is 5.13 Å². The molecule has 0 spiro atoms. The van der Waals surface area contributed by atoms with Crippen LogP contribution in [0.15, 0.2) is 18.2 Å². The number of ether oxygens (including phenoxy) is 2. The molecule has 5 nitrogen and oxygen atoms in total. The summed E-state index contributed by atoms with van der Waals surface area (Å²) in [6, 6.07) is 5.89. The molecule has 1 aromatic heterocycles. The van der Waals surface area contributed by atoms with Crippen molar-refractivity contribution in [3.8, 4) is 11.5 Å². The van der Waals surface area contributed by atoms with Crippen molar-refractivity contribution in [3.05, 3.63) is 28.8 Å². The molecule has 1 saturated carbocycles. The van der Waals surface area contributed by atoms with Crippen molar-refractivity contribution in [1.82, 2.24) is 10.2 Å². The van der Waals surface area contributed by atoms with Gasteiger partial charge in [0.05, 0.1) is 14.2 Å². The van der Waals surface area contributed by atoms with Gasteiger partial charge in [-0.25, -0.2) is 0 Å². The number of hydrogen-bond donors (Lipinski definition) is 1. The van der Waals surface area contributed by atoms with Gasteiger partial charge in [-0.3, -0.25) is 0 Å². The van der Waals surface area contributed by atoms with Crippen LogP contribution in [0.2, 0.25) is 0 Å². The minimum Gasteiger partial charge on any atom is -0.493 e. The SMILES string of the molecule is COc1ccc(CNc2nnc(C3CC3)s2)cc1OC. The van der Waals surface area contributed by atoms with Gasteiger partial charge >= 0.3 is 0 Å². The molecule has 0 radical (unpaired) electrons. The molecule has 1 fully saturated rings. The second kappa shape index (κ2) is 5.66. The summed E-state index contributed by atoms with van der Waals surface area (Å²) in [5.41, 5.74) is 1.12. The molecule has 0 atom stereocenters. The molecule has 1 heterocycles. The zero-order chi connectivity index (χ0) is 13.9. The lowest BCUT2D eigenvalue weighted by molar-refractivity contribution is 0.354.